The van der Waals surface area contributed by atoms with Crippen LogP contribution in [0.15, 0.2) is 24.3 Å². The van der Waals surface area contributed by atoms with Gasteiger partial charge in [0.1, 0.15) is 10.7 Å². The minimum atomic E-state index is -0.872. The van der Waals surface area contributed by atoms with Gasteiger partial charge < -0.3 is 19.7 Å². The highest BCUT2D eigenvalue weighted by atomic mass is 32.2. The van der Waals surface area contributed by atoms with Gasteiger partial charge in [-0.05, 0) is 68.7 Å². The summed E-state index contributed by atoms with van der Waals surface area (Å²) in [6, 6.07) is 8.30. The number of para-hydroxylation sites is 1. The topological polar surface area (TPSA) is 93.1 Å². The van der Waals surface area contributed by atoms with Crippen LogP contribution in [-0.4, -0.2) is 56.0 Å². The number of hydrogen-bond donors (Lipinski definition) is 2. The van der Waals surface area contributed by atoms with Crippen LogP contribution in [0.3, 0.4) is 0 Å². The molecule has 0 aromatic heterocycles. The van der Waals surface area contributed by atoms with Gasteiger partial charge in [-0.1, -0.05) is 45.4 Å². The number of carboxylic acid groups (broad SMARTS) is 2. The molecule has 0 spiro atoms. The Morgan fingerprint density at radius 2 is 1.75 bits per heavy atom. The maximum absolute atomic E-state index is 11.3. The Kier molecular flexibility index (Phi) is 13.5. The number of benzene rings is 1. The predicted octanol–water partition coefficient (Wildman–Crippen LogP) is 7.04. The van der Waals surface area contributed by atoms with E-state index in [0.717, 1.165) is 68.8 Å². The summed E-state index contributed by atoms with van der Waals surface area (Å²) in [5.41, 5.74) is 1.28. The third-order valence-electron chi connectivity index (χ3n) is 6.77. The summed E-state index contributed by atoms with van der Waals surface area (Å²) in [5, 5.41) is 18.5. The van der Waals surface area contributed by atoms with E-state index in [1.807, 2.05) is 17.8 Å². The lowest BCUT2D eigenvalue weighted by Gasteiger charge is -2.32. The first-order valence-corrected chi connectivity index (χ1v) is 15.4. The van der Waals surface area contributed by atoms with Gasteiger partial charge in [0.2, 0.25) is 0 Å². The summed E-state index contributed by atoms with van der Waals surface area (Å²) in [7, 11) is 0. The zero-order valence-corrected chi connectivity index (χ0v) is 23.8. The second kappa shape index (κ2) is 15.8. The third kappa shape index (κ3) is 9.49. The Bertz CT molecular complexity index is 799. The number of carboxylic acids is 2. The quantitative estimate of drug-likeness (QED) is 0.181. The van der Waals surface area contributed by atoms with Gasteiger partial charge in [0.05, 0.1) is 17.5 Å². The molecule has 1 aliphatic heterocycles. The van der Waals surface area contributed by atoms with Crippen LogP contribution >= 0.6 is 23.5 Å². The lowest BCUT2D eigenvalue weighted by atomic mass is 9.98. The molecule has 1 saturated heterocycles. The highest BCUT2D eigenvalue weighted by Gasteiger charge is 2.54. The van der Waals surface area contributed by atoms with Crippen molar-refractivity contribution in [3.63, 3.8) is 0 Å². The highest BCUT2D eigenvalue weighted by Crippen LogP contribution is 2.57. The molecule has 2 rings (SSSR count). The first kappa shape index (κ1) is 30.8. The molecule has 204 valence electrons. The summed E-state index contributed by atoms with van der Waals surface area (Å²) in [5.74, 6) is 1.25. The van der Waals surface area contributed by atoms with E-state index in [9.17, 15) is 19.8 Å². The largest absolute Gasteiger partial charge is 0.493 e. The molecule has 2 unspecified atom stereocenters. The molecule has 0 bridgehead atoms. The molecule has 0 aliphatic carbocycles. The van der Waals surface area contributed by atoms with E-state index in [0.29, 0.717) is 12.8 Å². The number of aliphatic carboxylic acids is 2. The monoisotopic (exact) mass is 540 g/mol. The fraction of sp³-hybridized carbons (Fsp3) is 0.714. The average Bonchev–Trinajstić information content (AvgIpc) is 3.19. The Morgan fingerprint density at radius 1 is 1.06 bits per heavy atom. The summed E-state index contributed by atoms with van der Waals surface area (Å²) >= 11 is 3.64. The van der Waals surface area contributed by atoms with Gasteiger partial charge in [0.15, 0.2) is 0 Å². The Balaban J connectivity index is 1.82. The summed E-state index contributed by atoms with van der Waals surface area (Å²) < 4.78 is 12.4. The van der Waals surface area contributed by atoms with Crippen molar-refractivity contribution in [1.29, 1.82) is 0 Å². The molecule has 1 aromatic rings. The van der Waals surface area contributed by atoms with Gasteiger partial charge in [0.25, 0.3) is 0 Å². The van der Waals surface area contributed by atoms with Crippen molar-refractivity contribution >= 4 is 35.5 Å². The van der Waals surface area contributed by atoms with Crippen molar-refractivity contribution in [2.45, 2.75) is 107 Å². The molecule has 0 saturated carbocycles. The van der Waals surface area contributed by atoms with Gasteiger partial charge >= 0.3 is 11.9 Å². The lowest BCUT2D eigenvalue weighted by molar-refractivity contribution is -0.139. The molecular weight excluding hydrogens is 496 g/mol. The van der Waals surface area contributed by atoms with Crippen molar-refractivity contribution < 1.29 is 29.3 Å². The second-order valence-corrected chi connectivity index (χ2v) is 12.4. The van der Waals surface area contributed by atoms with Crippen LogP contribution in [0.2, 0.25) is 0 Å². The van der Waals surface area contributed by atoms with Crippen LogP contribution in [0.25, 0.3) is 0 Å². The number of carbonyl (C=O) groups is 2. The lowest BCUT2D eigenvalue weighted by Crippen LogP contribution is -2.37. The van der Waals surface area contributed by atoms with Crippen LogP contribution in [0.4, 0.5) is 0 Å². The molecule has 2 atom stereocenters. The van der Waals surface area contributed by atoms with Crippen molar-refractivity contribution in [2.24, 2.45) is 0 Å². The van der Waals surface area contributed by atoms with E-state index in [1.54, 1.807) is 11.8 Å². The molecule has 1 heterocycles. The van der Waals surface area contributed by atoms with Crippen molar-refractivity contribution in [2.75, 3.05) is 18.1 Å². The van der Waals surface area contributed by atoms with Crippen molar-refractivity contribution in [1.82, 2.24) is 0 Å². The average molecular weight is 541 g/mol. The Morgan fingerprint density at radius 3 is 2.36 bits per heavy atom. The van der Waals surface area contributed by atoms with E-state index in [-0.39, 0.29) is 23.7 Å². The molecule has 36 heavy (non-hydrogen) atoms. The number of hydrogen-bond acceptors (Lipinski definition) is 6. The summed E-state index contributed by atoms with van der Waals surface area (Å²) in [6.45, 7) is 7.19. The number of thioether (sulfide) groups is 2. The van der Waals surface area contributed by atoms with Crippen LogP contribution < -0.4 is 4.74 Å². The van der Waals surface area contributed by atoms with Crippen LogP contribution in [0, 0.1) is 0 Å². The molecular formula is C28H44O6S2. The van der Waals surface area contributed by atoms with E-state index in [1.165, 1.54) is 5.56 Å². The second-order valence-electron chi connectivity index (χ2n) is 9.55. The summed E-state index contributed by atoms with van der Waals surface area (Å²) in [6.07, 6.45) is 7.81. The first-order chi connectivity index (χ1) is 17.3. The van der Waals surface area contributed by atoms with E-state index < -0.39 is 16.9 Å². The van der Waals surface area contributed by atoms with Crippen LogP contribution in [-0.2, 0) is 20.7 Å². The Hall–Kier alpha value is -1.38. The van der Waals surface area contributed by atoms with Crippen LogP contribution in [0.5, 0.6) is 5.75 Å². The number of unbranched alkanes of at least 4 members (excludes halogenated alkanes) is 2. The molecule has 1 fully saturated rings. The SMILES string of the molecule is CCCc1ccccc1OCCCCCSCC1(CC)SC(CCC(=O)O)(CCC(=O)O)OC1CC. The van der Waals surface area contributed by atoms with Gasteiger partial charge in [0, 0.05) is 18.6 Å². The number of rotatable bonds is 19. The minimum absolute atomic E-state index is 0.000760. The predicted molar refractivity (Wildman–Crippen MR) is 149 cm³/mol. The minimum Gasteiger partial charge on any atom is -0.493 e. The van der Waals surface area contributed by atoms with Crippen LogP contribution in [0.1, 0.15) is 90.5 Å². The molecule has 2 N–H and O–H groups in total. The van der Waals surface area contributed by atoms with Crippen molar-refractivity contribution in [3.8, 4) is 5.75 Å². The molecule has 8 heteroatoms. The van der Waals surface area contributed by atoms with Gasteiger partial charge in [-0.25, -0.2) is 0 Å². The summed E-state index contributed by atoms with van der Waals surface area (Å²) in [4.78, 5) is 21.8. The third-order valence-corrected chi connectivity index (χ3v) is 10.2. The molecule has 1 aliphatic rings. The highest BCUT2D eigenvalue weighted by molar-refractivity contribution is 8.04. The molecule has 0 radical (unpaired) electrons. The Labute approximate surface area is 225 Å². The zero-order chi connectivity index (χ0) is 26.4. The molecule has 1 aromatic carbocycles. The fourth-order valence-corrected chi connectivity index (χ4v) is 8.35. The maximum atomic E-state index is 11.3. The smallest absolute Gasteiger partial charge is 0.303 e. The standard InChI is InChI=1S/C28H44O6S2/c1-4-12-22-13-8-9-14-23(22)33-19-10-7-11-20-35-21-27(6-3)24(5-2)34-28(36-27,17-15-25(29)30)18-16-26(31)32/h8-9,13-14,24H,4-7,10-12,15-21H2,1-3H3,(H,29,30)(H,31,32). The number of aryl methyl sites for hydroxylation is 1. The van der Waals surface area contributed by atoms with Gasteiger partial charge in [-0.2, -0.15) is 11.8 Å². The molecule has 6 nitrogen and oxygen atoms in total. The molecule has 0 amide bonds. The van der Waals surface area contributed by atoms with E-state index in [2.05, 4.69) is 39.0 Å². The van der Waals surface area contributed by atoms with Gasteiger partial charge in [-0.3, -0.25) is 9.59 Å². The van der Waals surface area contributed by atoms with Crippen molar-refractivity contribution in [3.05, 3.63) is 29.8 Å². The van der Waals surface area contributed by atoms with E-state index >= 15 is 0 Å². The normalized spacial score (nSPS) is 20.9. The maximum Gasteiger partial charge on any atom is 0.303 e. The van der Waals surface area contributed by atoms with Gasteiger partial charge in [-0.15, -0.1) is 11.8 Å². The number of ether oxygens (including phenoxy) is 2. The fourth-order valence-electron chi connectivity index (χ4n) is 4.78. The van der Waals surface area contributed by atoms with E-state index in [4.69, 9.17) is 9.47 Å². The zero-order valence-electron chi connectivity index (χ0n) is 22.1. The first-order valence-electron chi connectivity index (χ1n) is 13.4.